The molecule has 7 heteroatoms. The van der Waals surface area contributed by atoms with Crippen LogP contribution in [0.25, 0.3) is 0 Å². The molecular formula is C15H17N3O4. The summed E-state index contributed by atoms with van der Waals surface area (Å²) in [4.78, 5) is 49.0. The van der Waals surface area contributed by atoms with Gasteiger partial charge in [-0.25, -0.2) is 0 Å². The Kier molecular flexibility index (Phi) is 3.74. The predicted molar refractivity (Wildman–Crippen MR) is 78.9 cm³/mol. The van der Waals surface area contributed by atoms with Gasteiger partial charge in [-0.2, -0.15) is 0 Å². The number of carbonyl (C=O) groups excluding carboxylic acids is 4. The van der Waals surface area contributed by atoms with Crippen LogP contribution in [0.15, 0.2) is 18.2 Å². The third-order valence-electron chi connectivity index (χ3n) is 3.94. The number of imide groups is 1. The number of Topliss-reactive ketones (excluding diaryl/α,β-unsaturated/α-hetero) is 1. The molecule has 0 fully saturated rings. The van der Waals surface area contributed by atoms with Gasteiger partial charge in [0.15, 0.2) is 0 Å². The number of carbonyl (C=O) groups is 4. The molecule has 1 aromatic carbocycles. The van der Waals surface area contributed by atoms with Crippen LogP contribution in [0.3, 0.4) is 0 Å². The van der Waals surface area contributed by atoms with Gasteiger partial charge in [-0.05, 0) is 32.4 Å². The van der Waals surface area contributed by atoms with Crippen LogP contribution in [0.2, 0.25) is 0 Å². The second-order valence-electron chi connectivity index (χ2n) is 5.56. The first-order valence-electron chi connectivity index (χ1n) is 6.77. The van der Waals surface area contributed by atoms with E-state index < -0.39 is 23.3 Å². The van der Waals surface area contributed by atoms with Gasteiger partial charge in [0, 0.05) is 12.1 Å². The fourth-order valence-corrected chi connectivity index (χ4v) is 2.52. The summed E-state index contributed by atoms with van der Waals surface area (Å²) in [5, 5.41) is 0. The van der Waals surface area contributed by atoms with E-state index >= 15 is 0 Å². The molecule has 1 aliphatic heterocycles. The van der Waals surface area contributed by atoms with E-state index in [1.54, 1.807) is 6.07 Å². The maximum absolute atomic E-state index is 12.6. The van der Waals surface area contributed by atoms with Crippen LogP contribution in [0.5, 0.6) is 0 Å². The average Bonchev–Trinajstić information content (AvgIpc) is 2.69. The normalized spacial score (nSPS) is 16.4. The molecule has 2 rings (SSSR count). The molecule has 0 aliphatic carbocycles. The minimum Gasteiger partial charge on any atom is -0.398 e. The molecule has 0 aromatic heterocycles. The highest BCUT2D eigenvalue weighted by atomic mass is 16.2. The van der Waals surface area contributed by atoms with Crippen LogP contribution in [0.4, 0.5) is 5.69 Å². The highest BCUT2D eigenvalue weighted by Crippen LogP contribution is 2.34. The minimum atomic E-state index is -1.58. The fraction of sp³-hybridized carbons (Fsp3) is 0.333. The van der Waals surface area contributed by atoms with Crippen molar-refractivity contribution >= 4 is 29.2 Å². The Balaban J connectivity index is 2.50. The number of ketones is 1. The first kappa shape index (κ1) is 15.7. The van der Waals surface area contributed by atoms with Crippen LogP contribution in [0, 0.1) is 0 Å². The van der Waals surface area contributed by atoms with Gasteiger partial charge in [-0.15, -0.1) is 0 Å². The number of hydrogen-bond acceptors (Lipinski definition) is 5. The van der Waals surface area contributed by atoms with E-state index in [0.29, 0.717) is 0 Å². The quantitative estimate of drug-likeness (QED) is 0.604. The molecule has 1 aliphatic rings. The monoisotopic (exact) mass is 303 g/mol. The topological polar surface area (TPSA) is 124 Å². The summed E-state index contributed by atoms with van der Waals surface area (Å²) in [6.45, 7) is 2.75. The summed E-state index contributed by atoms with van der Waals surface area (Å²) in [7, 11) is 0. The van der Waals surface area contributed by atoms with Crippen LogP contribution in [0.1, 0.15) is 47.4 Å². The molecule has 0 bridgehead atoms. The maximum Gasteiger partial charge on any atom is 0.264 e. The number of nitrogens with two attached hydrogens (primary N) is 2. The second-order valence-corrected chi connectivity index (χ2v) is 5.56. The third-order valence-corrected chi connectivity index (χ3v) is 3.94. The maximum atomic E-state index is 12.6. The Morgan fingerprint density at radius 2 is 1.86 bits per heavy atom. The predicted octanol–water partition coefficient (Wildman–Crippen LogP) is 0.478. The molecular weight excluding hydrogens is 286 g/mol. The van der Waals surface area contributed by atoms with Crippen molar-refractivity contribution in [2.45, 2.75) is 32.2 Å². The van der Waals surface area contributed by atoms with Crippen LogP contribution < -0.4 is 11.5 Å². The highest BCUT2D eigenvalue weighted by molar-refractivity contribution is 6.25. The SMILES string of the molecule is CC(=O)CCC(C)(C(N)=O)N1C(=O)c2cccc(N)c2C1=O. The van der Waals surface area contributed by atoms with E-state index in [1.165, 1.54) is 26.0 Å². The number of nitrogen functional groups attached to an aromatic ring is 1. The number of rotatable bonds is 5. The average molecular weight is 303 g/mol. The van der Waals surface area contributed by atoms with Crippen molar-refractivity contribution in [2.24, 2.45) is 5.73 Å². The number of benzene rings is 1. The largest absolute Gasteiger partial charge is 0.398 e. The van der Waals surface area contributed by atoms with Crippen molar-refractivity contribution in [2.75, 3.05) is 5.73 Å². The summed E-state index contributed by atoms with van der Waals surface area (Å²) in [5.74, 6) is -2.30. The Hall–Kier alpha value is -2.70. The highest BCUT2D eigenvalue weighted by Gasteiger charge is 2.50. The van der Waals surface area contributed by atoms with Gasteiger partial charge < -0.3 is 16.3 Å². The van der Waals surface area contributed by atoms with Gasteiger partial charge in [0.25, 0.3) is 11.8 Å². The summed E-state index contributed by atoms with van der Waals surface area (Å²) in [6, 6.07) is 4.53. The van der Waals surface area contributed by atoms with Gasteiger partial charge in [0.1, 0.15) is 11.3 Å². The van der Waals surface area contributed by atoms with Crippen LogP contribution >= 0.6 is 0 Å². The molecule has 116 valence electrons. The summed E-state index contributed by atoms with van der Waals surface area (Å²) in [6.07, 6.45) is 0.00532. The number of amides is 3. The smallest absolute Gasteiger partial charge is 0.264 e. The van der Waals surface area contributed by atoms with Gasteiger partial charge in [0.05, 0.1) is 11.1 Å². The van der Waals surface area contributed by atoms with Crippen molar-refractivity contribution in [1.82, 2.24) is 4.90 Å². The Morgan fingerprint density at radius 3 is 2.36 bits per heavy atom. The Bertz CT molecular complexity index is 698. The molecule has 0 saturated heterocycles. The molecule has 4 N–H and O–H groups in total. The number of anilines is 1. The van der Waals surface area contributed by atoms with Crippen molar-refractivity contribution in [3.05, 3.63) is 29.3 Å². The molecule has 3 amide bonds. The van der Waals surface area contributed by atoms with Gasteiger partial charge in [-0.1, -0.05) is 6.07 Å². The van der Waals surface area contributed by atoms with Crippen LogP contribution in [-0.4, -0.2) is 33.9 Å². The van der Waals surface area contributed by atoms with E-state index in [1.807, 2.05) is 0 Å². The lowest BCUT2D eigenvalue weighted by atomic mass is 9.91. The van der Waals surface area contributed by atoms with Gasteiger partial charge in [0.2, 0.25) is 5.91 Å². The molecule has 1 atom stereocenters. The second kappa shape index (κ2) is 5.25. The molecule has 1 aromatic rings. The van der Waals surface area contributed by atoms with Gasteiger partial charge >= 0.3 is 0 Å². The molecule has 0 saturated carbocycles. The first-order chi connectivity index (χ1) is 10.2. The molecule has 1 unspecified atom stereocenters. The molecule has 1 heterocycles. The summed E-state index contributed by atoms with van der Waals surface area (Å²) < 4.78 is 0. The lowest BCUT2D eigenvalue weighted by Crippen LogP contribution is -2.58. The zero-order valence-corrected chi connectivity index (χ0v) is 12.4. The molecule has 7 nitrogen and oxygen atoms in total. The van der Waals surface area contributed by atoms with Crippen LogP contribution in [-0.2, 0) is 9.59 Å². The molecule has 0 spiro atoms. The molecule has 0 radical (unpaired) electrons. The molecule has 22 heavy (non-hydrogen) atoms. The van der Waals surface area contributed by atoms with E-state index in [2.05, 4.69) is 0 Å². The zero-order valence-electron chi connectivity index (χ0n) is 12.4. The van der Waals surface area contributed by atoms with Crippen molar-refractivity contribution in [1.29, 1.82) is 0 Å². The first-order valence-corrected chi connectivity index (χ1v) is 6.77. The Morgan fingerprint density at radius 1 is 1.23 bits per heavy atom. The van der Waals surface area contributed by atoms with E-state index in [4.69, 9.17) is 11.5 Å². The third kappa shape index (κ3) is 2.24. The zero-order chi connectivity index (χ0) is 16.7. The number of nitrogens with zero attached hydrogens (tertiary/aromatic N) is 1. The van der Waals surface area contributed by atoms with Crippen molar-refractivity contribution < 1.29 is 19.2 Å². The van der Waals surface area contributed by atoms with E-state index in [-0.39, 0.29) is 35.4 Å². The fourth-order valence-electron chi connectivity index (χ4n) is 2.52. The number of fused-ring (bicyclic) bond motifs is 1. The lowest BCUT2D eigenvalue weighted by molar-refractivity contribution is -0.127. The standard InChI is InChI=1S/C15H17N3O4/c1-8(19)6-7-15(2,14(17)22)18-12(20)9-4-3-5-10(16)11(9)13(18)21/h3-5H,6-7,16H2,1-2H3,(H2,17,22). The lowest BCUT2D eigenvalue weighted by Gasteiger charge is -2.34. The number of primary amides is 1. The van der Waals surface area contributed by atoms with E-state index in [0.717, 1.165) is 4.90 Å². The Labute approximate surface area is 127 Å². The van der Waals surface area contributed by atoms with Gasteiger partial charge in [-0.3, -0.25) is 19.3 Å². The summed E-state index contributed by atoms with van der Waals surface area (Å²) in [5.41, 5.74) is 9.96. The van der Waals surface area contributed by atoms with Crippen molar-refractivity contribution in [3.8, 4) is 0 Å². The van der Waals surface area contributed by atoms with E-state index in [9.17, 15) is 19.2 Å². The number of hydrogen-bond donors (Lipinski definition) is 2. The minimum absolute atomic E-state index is 0.0248. The summed E-state index contributed by atoms with van der Waals surface area (Å²) >= 11 is 0. The van der Waals surface area contributed by atoms with Crippen molar-refractivity contribution in [3.63, 3.8) is 0 Å².